The molecule has 1 aromatic carbocycles. The fourth-order valence-corrected chi connectivity index (χ4v) is 2.32. The maximum absolute atomic E-state index is 11.9. The molecule has 110 valence electrons. The molecule has 0 aliphatic heterocycles. The van der Waals surface area contributed by atoms with Crippen LogP contribution in [0, 0.1) is 0 Å². The molecule has 4 nitrogen and oxygen atoms in total. The highest BCUT2D eigenvalue weighted by atomic mass is 16.5. The summed E-state index contributed by atoms with van der Waals surface area (Å²) >= 11 is 0. The Balaban J connectivity index is 1.99. The first-order chi connectivity index (χ1) is 9.63. The molecule has 20 heavy (non-hydrogen) atoms. The van der Waals surface area contributed by atoms with E-state index in [0.29, 0.717) is 12.6 Å². The van der Waals surface area contributed by atoms with E-state index >= 15 is 0 Å². The Morgan fingerprint density at radius 2 is 2.25 bits per heavy atom. The molecule has 1 saturated carbocycles. The molecule has 1 aliphatic carbocycles. The van der Waals surface area contributed by atoms with E-state index in [1.807, 2.05) is 18.2 Å². The van der Waals surface area contributed by atoms with Crippen LogP contribution in [-0.2, 0) is 4.79 Å². The van der Waals surface area contributed by atoms with E-state index in [0.717, 1.165) is 25.1 Å². The Labute approximate surface area is 121 Å². The van der Waals surface area contributed by atoms with Crippen LogP contribution >= 0.6 is 0 Å². The largest absolute Gasteiger partial charge is 0.497 e. The minimum atomic E-state index is 0.129. The molecule has 1 amide bonds. The van der Waals surface area contributed by atoms with E-state index in [1.54, 1.807) is 7.11 Å². The summed E-state index contributed by atoms with van der Waals surface area (Å²) < 4.78 is 5.26. The SMILES string of the molecule is CCN(CC(=O)NC1CC1)C(C)c1cccc(OC)c1. The molecule has 1 N–H and O–H groups in total. The molecular weight excluding hydrogens is 252 g/mol. The van der Waals surface area contributed by atoms with Gasteiger partial charge in [0.05, 0.1) is 13.7 Å². The number of carbonyl (C=O) groups excluding carboxylic acids is 1. The van der Waals surface area contributed by atoms with Crippen molar-refractivity contribution in [3.05, 3.63) is 29.8 Å². The molecule has 1 fully saturated rings. The predicted octanol–water partition coefficient (Wildman–Crippen LogP) is 2.36. The Hall–Kier alpha value is -1.55. The summed E-state index contributed by atoms with van der Waals surface area (Å²) in [6.45, 7) is 5.51. The van der Waals surface area contributed by atoms with Crippen molar-refractivity contribution in [2.24, 2.45) is 0 Å². The Morgan fingerprint density at radius 3 is 2.85 bits per heavy atom. The first-order valence-corrected chi connectivity index (χ1v) is 7.31. The van der Waals surface area contributed by atoms with E-state index < -0.39 is 0 Å². The summed E-state index contributed by atoms with van der Waals surface area (Å²) in [5.74, 6) is 0.983. The molecular formula is C16H24N2O2. The van der Waals surface area contributed by atoms with Crippen molar-refractivity contribution < 1.29 is 9.53 Å². The number of hydrogen-bond donors (Lipinski definition) is 1. The molecule has 1 aromatic rings. The Kier molecular flexibility index (Phi) is 5.01. The van der Waals surface area contributed by atoms with Gasteiger partial charge in [0.1, 0.15) is 5.75 Å². The third-order valence-electron chi connectivity index (χ3n) is 3.82. The van der Waals surface area contributed by atoms with E-state index in [1.165, 1.54) is 5.56 Å². The van der Waals surface area contributed by atoms with Gasteiger partial charge in [-0.1, -0.05) is 19.1 Å². The first kappa shape index (κ1) is 14.9. The summed E-state index contributed by atoms with van der Waals surface area (Å²) in [5.41, 5.74) is 1.17. The summed E-state index contributed by atoms with van der Waals surface area (Å²) in [4.78, 5) is 14.1. The monoisotopic (exact) mass is 276 g/mol. The maximum Gasteiger partial charge on any atom is 0.234 e. The van der Waals surface area contributed by atoms with E-state index in [2.05, 4.69) is 30.1 Å². The van der Waals surface area contributed by atoms with Crippen molar-refractivity contribution in [2.75, 3.05) is 20.2 Å². The summed E-state index contributed by atoms with van der Waals surface area (Å²) in [6.07, 6.45) is 2.26. The van der Waals surface area contributed by atoms with Crippen molar-refractivity contribution in [1.29, 1.82) is 0 Å². The highest BCUT2D eigenvalue weighted by Gasteiger charge is 2.25. The lowest BCUT2D eigenvalue weighted by atomic mass is 10.1. The Bertz CT molecular complexity index is 458. The van der Waals surface area contributed by atoms with Gasteiger partial charge in [0.2, 0.25) is 5.91 Å². The molecule has 0 aromatic heterocycles. The van der Waals surface area contributed by atoms with Crippen LogP contribution in [0.3, 0.4) is 0 Å². The fourth-order valence-electron chi connectivity index (χ4n) is 2.32. The zero-order valence-corrected chi connectivity index (χ0v) is 12.6. The summed E-state index contributed by atoms with van der Waals surface area (Å²) in [5, 5.41) is 3.04. The van der Waals surface area contributed by atoms with Crippen LogP contribution in [0.5, 0.6) is 5.75 Å². The van der Waals surface area contributed by atoms with Crippen molar-refractivity contribution in [1.82, 2.24) is 10.2 Å². The Morgan fingerprint density at radius 1 is 1.50 bits per heavy atom. The number of rotatable bonds is 7. The van der Waals surface area contributed by atoms with Gasteiger partial charge in [0.15, 0.2) is 0 Å². The maximum atomic E-state index is 11.9. The van der Waals surface area contributed by atoms with Crippen LogP contribution in [0.15, 0.2) is 24.3 Å². The van der Waals surface area contributed by atoms with Crippen LogP contribution < -0.4 is 10.1 Å². The molecule has 2 rings (SSSR count). The van der Waals surface area contributed by atoms with Gasteiger partial charge in [-0.15, -0.1) is 0 Å². The highest BCUT2D eigenvalue weighted by molar-refractivity contribution is 5.78. The number of nitrogens with one attached hydrogen (secondary N) is 1. The topological polar surface area (TPSA) is 41.6 Å². The van der Waals surface area contributed by atoms with Crippen molar-refractivity contribution in [3.63, 3.8) is 0 Å². The van der Waals surface area contributed by atoms with Gasteiger partial charge in [0, 0.05) is 12.1 Å². The molecule has 0 heterocycles. The molecule has 0 saturated heterocycles. The smallest absolute Gasteiger partial charge is 0.234 e. The van der Waals surface area contributed by atoms with Crippen LogP contribution in [-0.4, -0.2) is 37.0 Å². The van der Waals surface area contributed by atoms with Gasteiger partial charge in [-0.25, -0.2) is 0 Å². The average Bonchev–Trinajstić information content (AvgIpc) is 3.28. The number of carbonyl (C=O) groups is 1. The molecule has 1 atom stereocenters. The second-order valence-electron chi connectivity index (χ2n) is 5.36. The first-order valence-electron chi connectivity index (χ1n) is 7.31. The lowest BCUT2D eigenvalue weighted by Gasteiger charge is -2.27. The second-order valence-corrected chi connectivity index (χ2v) is 5.36. The quantitative estimate of drug-likeness (QED) is 0.831. The third kappa shape index (κ3) is 3.97. The number of likely N-dealkylation sites (N-methyl/N-ethyl adjacent to an activating group) is 1. The molecule has 1 aliphatic rings. The molecule has 4 heteroatoms. The highest BCUT2D eigenvalue weighted by Crippen LogP contribution is 2.24. The van der Waals surface area contributed by atoms with E-state index in [9.17, 15) is 4.79 Å². The van der Waals surface area contributed by atoms with Gasteiger partial charge < -0.3 is 10.1 Å². The summed E-state index contributed by atoms with van der Waals surface area (Å²) in [7, 11) is 1.67. The zero-order valence-electron chi connectivity index (χ0n) is 12.6. The van der Waals surface area contributed by atoms with Crippen LogP contribution in [0.25, 0.3) is 0 Å². The number of benzene rings is 1. The molecule has 1 unspecified atom stereocenters. The lowest BCUT2D eigenvalue weighted by Crippen LogP contribution is -2.39. The van der Waals surface area contributed by atoms with Gasteiger partial charge in [-0.3, -0.25) is 9.69 Å². The lowest BCUT2D eigenvalue weighted by molar-refractivity contribution is -0.122. The average molecular weight is 276 g/mol. The molecule has 0 radical (unpaired) electrons. The van der Waals surface area contributed by atoms with Crippen LogP contribution in [0.4, 0.5) is 0 Å². The minimum absolute atomic E-state index is 0.129. The van der Waals surface area contributed by atoms with Gasteiger partial charge in [-0.2, -0.15) is 0 Å². The zero-order chi connectivity index (χ0) is 14.5. The van der Waals surface area contributed by atoms with Crippen molar-refractivity contribution >= 4 is 5.91 Å². The van der Waals surface area contributed by atoms with Gasteiger partial charge >= 0.3 is 0 Å². The van der Waals surface area contributed by atoms with Crippen LogP contribution in [0.2, 0.25) is 0 Å². The van der Waals surface area contributed by atoms with Gasteiger partial charge in [0.25, 0.3) is 0 Å². The fraction of sp³-hybridized carbons (Fsp3) is 0.562. The minimum Gasteiger partial charge on any atom is -0.497 e. The number of methoxy groups -OCH3 is 1. The number of hydrogen-bond acceptors (Lipinski definition) is 3. The molecule has 0 spiro atoms. The standard InChI is InChI=1S/C16H24N2O2/c1-4-18(11-16(19)17-14-8-9-14)12(2)13-6-5-7-15(10-13)20-3/h5-7,10,12,14H,4,8-9,11H2,1-3H3,(H,17,19). The van der Waals surface area contributed by atoms with Crippen LogP contribution in [0.1, 0.15) is 38.3 Å². The predicted molar refractivity (Wildman–Crippen MR) is 79.8 cm³/mol. The number of nitrogens with zero attached hydrogens (tertiary/aromatic N) is 1. The number of ether oxygens (including phenoxy) is 1. The summed E-state index contributed by atoms with van der Waals surface area (Å²) in [6, 6.07) is 8.66. The number of amides is 1. The second kappa shape index (κ2) is 6.75. The van der Waals surface area contributed by atoms with Crippen molar-refractivity contribution in [3.8, 4) is 5.75 Å². The molecule has 0 bridgehead atoms. The van der Waals surface area contributed by atoms with Gasteiger partial charge in [-0.05, 0) is 44.0 Å². The third-order valence-corrected chi connectivity index (χ3v) is 3.82. The van der Waals surface area contributed by atoms with E-state index in [4.69, 9.17) is 4.74 Å². The normalized spacial score (nSPS) is 16.0. The van der Waals surface area contributed by atoms with Crippen molar-refractivity contribution in [2.45, 2.75) is 38.8 Å². The van der Waals surface area contributed by atoms with E-state index in [-0.39, 0.29) is 11.9 Å².